The van der Waals surface area contributed by atoms with E-state index in [0.717, 1.165) is 17.4 Å². The highest BCUT2D eigenvalue weighted by Crippen LogP contribution is 2.35. The number of nitro groups is 1. The van der Waals surface area contributed by atoms with Gasteiger partial charge in [0, 0.05) is 40.7 Å². The van der Waals surface area contributed by atoms with Gasteiger partial charge in [-0.15, -0.1) is 11.3 Å². The zero-order valence-corrected chi connectivity index (χ0v) is 18.2. The van der Waals surface area contributed by atoms with E-state index in [2.05, 4.69) is 9.97 Å². The minimum atomic E-state index is -0.810. The van der Waals surface area contributed by atoms with Crippen LogP contribution in [0, 0.1) is 21.7 Å². The predicted octanol–water partition coefficient (Wildman–Crippen LogP) is 5.94. The maximum Gasteiger partial charge on any atom is 0.270 e. The molecule has 0 atom stereocenters. The lowest BCUT2D eigenvalue weighted by Gasteiger charge is -2.19. The molecule has 33 heavy (non-hydrogen) atoms. The molecule has 0 unspecified atom stereocenters. The minimum absolute atomic E-state index is 0.0210. The number of aromatic nitrogens is 2. The lowest BCUT2D eigenvalue weighted by Crippen LogP contribution is -2.29. The van der Waals surface area contributed by atoms with Crippen molar-refractivity contribution in [3.8, 4) is 0 Å². The number of nitro benzene ring substituents is 1. The van der Waals surface area contributed by atoms with Crippen LogP contribution in [0.25, 0.3) is 20.3 Å². The van der Waals surface area contributed by atoms with E-state index in [0.29, 0.717) is 20.5 Å². The standard InChI is InChI=1S/C22H12F2N4O3S2/c23-14-8-16(24)20-18(9-14)33-22(26-20)27(11-12-2-1-5-25-10-12)21(29)19-7-13-6-15(28(30)31)3-4-17(13)32-19/h1-10H,11H2. The molecular weight excluding hydrogens is 470 g/mol. The van der Waals surface area contributed by atoms with Crippen molar-refractivity contribution in [2.75, 3.05) is 4.90 Å². The highest BCUT2D eigenvalue weighted by molar-refractivity contribution is 7.23. The number of hydrogen-bond donors (Lipinski definition) is 0. The molecule has 7 nitrogen and oxygen atoms in total. The average Bonchev–Trinajstić information content (AvgIpc) is 3.41. The summed E-state index contributed by atoms with van der Waals surface area (Å²) < 4.78 is 28.9. The van der Waals surface area contributed by atoms with Gasteiger partial charge in [-0.25, -0.2) is 13.8 Å². The highest BCUT2D eigenvalue weighted by Gasteiger charge is 2.25. The topological polar surface area (TPSA) is 89.2 Å². The molecule has 11 heteroatoms. The first-order valence-corrected chi connectivity index (χ1v) is 11.2. The smallest absolute Gasteiger partial charge is 0.270 e. The van der Waals surface area contributed by atoms with Crippen LogP contribution in [0.5, 0.6) is 0 Å². The zero-order valence-electron chi connectivity index (χ0n) is 16.6. The number of nitrogens with zero attached hydrogens (tertiary/aromatic N) is 4. The molecule has 0 aliphatic heterocycles. The van der Waals surface area contributed by atoms with E-state index in [1.54, 1.807) is 36.7 Å². The monoisotopic (exact) mass is 482 g/mol. The number of amides is 1. The molecule has 3 aromatic heterocycles. The largest absolute Gasteiger partial charge is 0.279 e. The third kappa shape index (κ3) is 4.03. The molecule has 2 aromatic carbocycles. The number of pyridine rings is 1. The minimum Gasteiger partial charge on any atom is -0.279 e. The van der Waals surface area contributed by atoms with Crippen LogP contribution in [0.1, 0.15) is 15.2 Å². The maximum absolute atomic E-state index is 14.3. The number of thiophene rings is 1. The fourth-order valence-corrected chi connectivity index (χ4v) is 5.34. The lowest BCUT2D eigenvalue weighted by atomic mass is 10.2. The summed E-state index contributed by atoms with van der Waals surface area (Å²) in [6, 6.07) is 11.4. The number of hydrogen-bond acceptors (Lipinski definition) is 7. The Labute approximate surface area is 192 Å². The number of rotatable bonds is 5. The number of non-ortho nitro benzene ring substituents is 1. The summed E-state index contributed by atoms with van der Waals surface area (Å²) in [4.78, 5) is 34.2. The van der Waals surface area contributed by atoms with E-state index in [1.165, 1.54) is 34.4 Å². The van der Waals surface area contributed by atoms with Gasteiger partial charge in [-0.3, -0.25) is 24.8 Å². The Kier molecular flexibility index (Phi) is 5.27. The van der Waals surface area contributed by atoms with Crippen LogP contribution in [0.2, 0.25) is 0 Å². The van der Waals surface area contributed by atoms with Crippen LogP contribution in [0.3, 0.4) is 0 Å². The second kappa shape index (κ2) is 8.26. The Bertz CT molecular complexity index is 1540. The number of thiazole rings is 1. The Balaban J connectivity index is 1.59. The van der Waals surface area contributed by atoms with Crippen molar-refractivity contribution in [1.29, 1.82) is 0 Å². The van der Waals surface area contributed by atoms with Crippen LogP contribution < -0.4 is 4.90 Å². The second-order valence-corrected chi connectivity index (χ2v) is 9.17. The molecule has 1 amide bonds. The number of fused-ring (bicyclic) bond motifs is 2. The Morgan fingerprint density at radius 1 is 1.09 bits per heavy atom. The van der Waals surface area contributed by atoms with Crippen LogP contribution in [0.15, 0.2) is 60.9 Å². The van der Waals surface area contributed by atoms with Crippen molar-refractivity contribution >= 4 is 59.7 Å². The van der Waals surface area contributed by atoms with Crippen LogP contribution in [0.4, 0.5) is 19.6 Å². The molecule has 0 bridgehead atoms. The van der Waals surface area contributed by atoms with Crippen molar-refractivity contribution in [3.05, 3.63) is 93.1 Å². The molecule has 0 radical (unpaired) electrons. The number of benzene rings is 2. The van der Waals surface area contributed by atoms with Gasteiger partial charge in [-0.2, -0.15) is 0 Å². The van der Waals surface area contributed by atoms with Gasteiger partial charge >= 0.3 is 0 Å². The summed E-state index contributed by atoms with van der Waals surface area (Å²) >= 11 is 2.18. The van der Waals surface area contributed by atoms with Crippen molar-refractivity contribution in [2.45, 2.75) is 6.54 Å². The molecule has 5 rings (SSSR count). The van der Waals surface area contributed by atoms with E-state index in [9.17, 15) is 23.7 Å². The first kappa shape index (κ1) is 21.0. The molecule has 0 N–H and O–H groups in total. The van der Waals surface area contributed by atoms with Crippen LogP contribution in [-0.2, 0) is 6.54 Å². The van der Waals surface area contributed by atoms with Crippen molar-refractivity contribution in [2.24, 2.45) is 0 Å². The zero-order chi connectivity index (χ0) is 23.1. The maximum atomic E-state index is 14.3. The molecular formula is C22H12F2N4O3S2. The third-order valence-electron chi connectivity index (χ3n) is 4.86. The number of carbonyl (C=O) groups is 1. The first-order chi connectivity index (χ1) is 15.9. The van der Waals surface area contributed by atoms with E-state index >= 15 is 0 Å². The van der Waals surface area contributed by atoms with Crippen molar-refractivity contribution in [3.63, 3.8) is 0 Å². The average molecular weight is 482 g/mol. The summed E-state index contributed by atoms with van der Waals surface area (Å²) in [7, 11) is 0. The number of carbonyl (C=O) groups excluding carboxylic acids is 1. The molecule has 0 spiro atoms. The SMILES string of the molecule is O=C(c1cc2cc([N+](=O)[O-])ccc2s1)N(Cc1cccnc1)c1nc2c(F)cc(F)cc2s1. The molecule has 164 valence electrons. The molecule has 0 fully saturated rings. The third-order valence-corrected chi connectivity index (χ3v) is 6.99. The van der Waals surface area contributed by atoms with Gasteiger partial charge in [0.1, 0.15) is 11.3 Å². The molecule has 5 aromatic rings. The summed E-state index contributed by atoms with van der Waals surface area (Å²) in [6.07, 6.45) is 3.20. The summed E-state index contributed by atoms with van der Waals surface area (Å²) in [6.45, 7) is 0.102. The van der Waals surface area contributed by atoms with Gasteiger partial charge in [0.25, 0.3) is 11.6 Å². The first-order valence-electron chi connectivity index (χ1n) is 9.53. The van der Waals surface area contributed by atoms with Crippen molar-refractivity contribution < 1.29 is 18.5 Å². The van der Waals surface area contributed by atoms with Crippen molar-refractivity contribution in [1.82, 2.24) is 9.97 Å². The molecule has 0 aliphatic carbocycles. The molecule has 3 heterocycles. The van der Waals surface area contributed by atoms with E-state index < -0.39 is 22.5 Å². The number of halogens is 2. The van der Waals surface area contributed by atoms with Crippen LogP contribution >= 0.6 is 22.7 Å². The predicted molar refractivity (Wildman–Crippen MR) is 123 cm³/mol. The second-order valence-electron chi connectivity index (χ2n) is 7.07. The quantitative estimate of drug-likeness (QED) is 0.228. The van der Waals surface area contributed by atoms with E-state index in [1.807, 2.05) is 0 Å². The fraction of sp³-hybridized carbons (Fsp3) is 0.0455. The molecule has 0 aliphatic rings. The van der Waals surface area contributed by atoms with Gasteiger partial charge in [0.05, 0.1) is 21.0 Å². The summed E-state index contributed by atoms with van der Waals surface area (Å²) in [5.74, 6) is -1.95. The summed E-state index contributed by atoms with van der Waals surface area (Å²) in [5, 5.41) is 11.8. The van der Waals surface area contributed by atoms with E-state index in [-0.39, 0.29) is 27.6 Å². The Morgan fingerprint density at radius 2 is 1.94 bits per heavy atom. The molecule has 0 saturated carbocycles. The highest BCUT2D eigenvalue weighted by atomic mass is 32.1. The Morgan fingerprint density at radius 3 is 2.70 bits per heavy atom. The van der Waals surface area contributed by atoms with Gasteiger partial charge in [-0.1, -0.05) is 17.4 Å². The normalized spacial score (nSPS) is 11.2. The van der Waals surface area contributed by atoms with Gasteiger partial charge in [0.15, 0.2) is 10.9 Å². The lowest BCUT2D eigenvalue weighted by molar-refractivity contribution is -0.384. The van der Waals surface area contributed by atoms with E-state index in [4.69, 9.17) is 0 Å². The fourth-order valence-electron chi connectivity index (χ4n) is 3.34. The summed E-state index contributed by atoms with van der Waals surface area (Å²) in [5.41, 5.74) is 0.621. The Hall–Kier alpha value is -3.83. The number of anilines is 1. The van der Waals surface area contributed by atoms with Gasteiger partial charge in [0.2, 0.25) is 0 Å². The van der Waals surface area contributed by atoms with Gasteiger partial charge < -0.3 is 0 Å². The van der Waals surface area contributed by atoms with Gasteiger partial charge in [-0.05, 0) is 29.8 Å². The van der Waals surface area contributed by atoms with Crippen LogP contribution in [-0.4, -0.2) is 20.8 Å². The molecule has 0 saturated heterocycles.